The molecular formula is C47H47ClF4N8O6. The van der Waals surface area contributed by atoms with Gasteiger partial charge in [-0.3, -0.25) is 5.32 Å². The molecule has 0 saturated carbocycles. The summed E-state index contributed by atoms with van der Waals surface area (Å²) in [7, 11) is 5.09. The maximum Gasteiger partial charge on any atom is 0.418 e. The Bertz CT molecular complexity index is 2700. The predicted molar refractivity (Wildman–Crippen MR) is 242 cm³/mol. The van der Waals surface area contributed by atoms with E-state index in [0.29, 0.717) is 17.1 Å². The lowest BCUT2D eigenvalue weighted by molar-refractivity contribution is -0.137. The fourth-order valence-electron chi connectivity index (χ4n) is 8.54. The SMILES string of the molecule is COc1ccc(CN(Cc2ccc(OC)cc2)c2cc(C)c(C(F)(F)F)c(-c3c(Cl)c4c5c(nc(OCC6CCN(C)C6)nc5c3F)N([C@H](C)c3cccnc3NC(=O)O)CCO4)n2)cc1. The summed E-state index contributed by atoms with van der Waals surface area (Å²) in [4.78, 5) is 35.7. The van der Waals surface area contributed by atoms with Crippen LogP contribution in [0.4, 0.5) is 39.8 Å². The number of aryl methyl sites for hydroxylation is 1. The van der Waals surface area contributed by atoms with Gasteiger partial charge in [-0.15, -0.1) is 0 Å². The number of aromatic nitrogens is 4. The predicted octanol–water partition coefficient (Wildman–Crippen LogP) is 9.81. The molecule has 66 heavy (non-hydrogen) atoms. The van der Waals surface area contributed by atoms with Crippen molar-refractivity contribution in [3.05, 3.63) is 112 Å². The lowest BCUT2D eigenvalue weighted by Crippen LogP contribution is -2.32. The summed E-state index contributed by atoms with van der Waals surface area (Å²) in [6.07, 6.45) is -4.08. The maximum atomic E-state index is 17.9. The normalized spacial score (nSPS) is 15.5. The van der Waals surface area contributed by atoms with Gasteiger partial charge in [0.25, 0.3) is 0 Å². The topological polar surface area (TPSA) is 148 Å². The number of carbonyl (C=O) groups is 1. The summed E-state index contributed by atoms with van der Waals surface area (Å²) in [5.74, 6) is 0.271. The molecule has 14 nitrogen and oxygen atoms in total. The summed E-state index contributed by atoms with van der Waals surface area (Å²) in [6.45, 7) is 5.24. The number of ether oxygens (including phenoxy) is 4. The molecule has 1 saturated heterocycles. The zero-order chi connectivity index (χ0) is 46.9. The van der Waals surface area contributed by atoms with E-state index in [0.717, 1.165) is 30.6 Å². The number of benzene rings is 3. The minimum atomic E-state index is -5.02. The van der Waals surface area contributed by atoms with Gasteiger partial charge in [-0.2, -0.15) is 23.1 Å². The monoisotopic (exact) mass is 930 g/mol. The first-order chi connectivity index (χ1) is 31.6. The van der Waals surface area contributed by atoms with Gasteiger partial charge in [0.05, 0.1) is 60.6 Å². The van der Waals surface area contributed by atoms with Crippen molar-refractivity contribution in [3.8, 4) is 34.5 Å². The lowest BCUT2D eigenvalue weighted by Gasteiger charge is -2.30. The fourth-order valence-corrected chi connectivity index (χ4v) is 8.86. The molecule has 2 aliphatic heterocycles. The van der Waals surface area contributed by atoms with E-state index in [1.54, 1.807) is 67.3 Å². The summed E-state index contributed by atoms with van der Waals surface area (Å²) < 4.78 is 87.4. The fraction of sp³-hybridized carbons (Fsp3) is 0.340. The molecule has 5 heterocycles. The third-order valence-corrected chi connectivity index (χ3v) is 12.2. The van der Waals surface area contributed by atoms with E-state index in [9.17, 15) is 9.90 Å². The Morgan fingerprint density at radius 2 is 1.68 bits per heavy atom. The molecule has 1 unspecified atom stereocenters. The number of hydrogen-bond donors (Lipinski definition) is 2. The largest absolute Gasteiger partial charge is 0.497 e. The van der Waals surface area contributed by atoms with Gasteiger partial charge >= 0.3 is 18.3 Å². The van der Waals surface area contributed by atoms with Crippen LogP contribution in [0.2, 0.25) is 5.02 Å². The quantitative estimate of drug-likeness (QED) is 0.100. The molecule has 0 bridgehead atoms. The van der Waals surface area contributed by atoms with Crippen LogP contribution in [0.1, 0.15) is 47.2 Å². The zero-order valence-corrected chi connectivity index (χ0v) is 37.5. The van der Waals surface area contributed by atoms with E-state index in [4.69, 9.17) is 35.5 Å². The Morgan fingerprint density at radius 3 is 2.27 bits per heavy atom. The minimum Gasteiger partial charge on any atom is -0.497 e. The molecule has 2 atom stereocenters. The van der Waals surface area contributed by atoms with Crippen molar-refractivity contribution < 1.29 is 46.4 Å². The summed E-state index contributed by atoms with van der Waals surface area (Å²) >= 11 is 7.15. The van der Waals surface area contributed by atoms with Crippen LogP contribution < -0.4 is 34.1 Å². The third kappa shape index (κ3) is 9.51. The maximum absolute atomic E-state index is 17.9. The molecule has 0 spiro atoms. The highest BCUT2D eigenvalue weighted by atomic mass is 35.5. The second kappa shape index (κ2) is 19.1. The highest BCUT2D eigenvalue weighted by molar-refractivity contribution is 6.36. The van der Waals surface area contributed by atoms with Crippen molar-refractivity contribution in [1.29, 1.82) is 0 Å². The number of methoxy groups -OCH3 is 2. The third-order valence-electron chi connectivity index (χ3n) is 11.8. The second-order valence-corrected chi connectivity index (χ2v) is 16.7. The van der Waals surface area contributed by atoms with Crippen molar-refractivity contribution in [3.63, 3.8) is 0 Å². The Hall–Kier alpha value is -6.66. The van der Waals surface area contributed by atoms with Crippen molar-refractivity contribution in [2.45, 2.75) is 45.6 Å². The Labute approximate surface area is 383 Å². The van der Waals surface area contributed by atoms with Crippen LogP contribution >= 0.6 is 11.6 Å². The van der Waals surface area contributed by atoms with Crippen LogP contribution in [0.5, 0.6) is 23.3 Å². The number of hydrogen-bond acceptors (Lipinski definition) is 12. The van der Waals surface area contributed by atoms with Crippen LogP contribution in [0, 0.1) is 18.7 Å². The van der Waals surface area contributed by atoms with E-state index in [-0.39, 0.29) is 78.9 Å². The summed E-state index contributed by atoms with van der Waals surface area (Å²) in [5.41, 5.74) is -1.21. The standard InChI is InChI=1S/C47H47ClF4N8O6/c1-26-21-34(59(23-28-8-12-31(63-4)13-9-28)24-29-10-14-32(64-5)15-11-29)54-40(37(26)47(50,51)52)35-38(48)42-36-41(39(35)49)55-45(66-25-30-16-18-58(3)22-30)57-44(36)60(19-20-65-42)27(2)33-7-6-17-53-43(33)56-46(61)62/h6-15,17,21,27,30H,16,18-20,22-25H2,1-5H3,(H,53,56)(H,61,62)/t27-,30?/m1/s1. The number of nitrogens with zero attached hydrogens (tertiary/aromatic N) is 7. The average Bonchev–Trinajstić information content (AvgIpc) is 3.61. The summed E-state index contributed by atoms with van der Waals surface area (Å²) in [5, 5.41) is 11.4. The van der Waals surface area contributed by atoms with E-state index in [1.165, 1.54) is 19.2 Å². The van der Waals surface area contributed by atoms with Gasteiger partial charge in [-0.1, -0.05) is 41.9 Å². The first kappa shape index (κ1) is 45.9. The number of alkyl halides is 3. The van der Waals surface area contributed by atoms with Gasteiger partial charge in [-0.25, -0.2) is 19.2 Å². The van der Waals surface area contributed by atoms with Crippen LogP contribution in [-0.4, -0.2) is 90.2 Å². The van der Waals surface area contributed by atoms with Crippen LogP contribution in [0.3, 0.4) is 0 Å². The van der Waals surface area contributed by atoms with Crippen LogP contribution in [0.15, 0.2) is 72.9 Å². The van der Waals surface area contributed by atoms with Crippen molar-refractivity contribution >= 4 is 46.1 Å². The van der Waals surface area contributed by atoms with Crippen LogP contribution in [0.25, 0.3) is 22.2 Å². The number of nitrogens with one attached hydrogen (secondary N) is 1. The van der Waals surface area contributed by atoms with Gasteiger partial charge in [-0.05, 0) is 86.9 Å². The van der Waals surface area contributed by atoms with E-state index >= 15 is 17.6 Å². The minimum absolute atomic E-state index is 0.0164. The molecule has 1 fully saturated rings. The average molecular weight is 931 g/mol. The number of pyridine rings is 2. The molecule has 0 aliphatic carbocycles. The molecule has 3 aromatic carbocycles. The van der Waals surface area contributed by atoms with Crippen LogP contribution in [-0.2, 0) is 19.3 Å². The molecule has 2 N–H and O–H groups in total. The lowest BCUT2D eigenvalue weighted by atomic mass is 9.98. The highest BCUT2D eigenvalue weighted by Gasteiger charge is 2.41. The number of anilines is 3. The molecule has 8 rings (SSSR count). The van der Waals surface area contributed by atoms with Gasteiger partial charge in [0.15, 0.2) is 11.6 Å². The molecule has 19 heteroatoms. The van der Waals surface area contributed by atoms with Crippen molar-refractivity contribution in [2.75, 3.05) is 69.2 Å². The first-order valence-electron chi connectivity index (χ1n) is 21.1. The van der Waals surface area contributed by atoms with E-state index in [1.807, 2.05) is 31.3 Å². The van der Waals surface area contributed by atoms with Gasteiger partial charge in [0.2, 0.25) is 0 Å². The van der Waals surface area contributed by atoms with Crippen molar-refractivity contribution in [1.82, 2.24) is 24.8 Å². The van der Waals surface area contributed by atoms with Crippen molar-refractivity contribution in [2.24, 2.45) is 5.92 Å². The molecule has 6 aromatic rings. The highest BCUT2D eigenvalue weighted by Crippen LogP contribution is 2.51. The van der Waals surface area contributed by atoms with E-state index < -0.39 is 51.5 Å². The molecular weight excluding hydrogens is 884 g/mol. The Kier molecular flexibility index (Phi) is 13.2. The first-order valence-corrected chi connectivity index (χ1v) is 21.5. The zero-order valence-electron chi connectivity index (χ0n) is 36.7. The number of carboxylic acid groups (broad SMARTS) is 1. The Balaban J connectivity index is 1.33. The number of amides is 1. The molecule has 1 amide bonds. The van der Waals surface area contributed by atoms with Gasteiger partial charge < -0.3 is 38.8 Å². The number of likely N-dealkylation sites (tertiary alicyclic amines) is 1. The molecule has 346 valence electrons. The van der Waals surface area contributed by atoms with Gasteiger partial charge in [0, 0.05) is 37.3 Å². The number of rotatable bonds is 14. The second-order valence-electron chi connectivity index (χ2n) is 16.3. The molecule has 2 aliphatic rings. The van der Waals surface area contributed by atoms with Gasteiger partial charge in [0.1, 0.15) is 41.1 Å². The number of halogens is 5. The smallest absolute Gasteiger partial charge is 0.418 e. The Morgan fingerprint density at radius 1 is 1.02 bits per heavy atom. The van der Waals surface area contributed by atoms with E-state index in [2.05, 4.69) is 25.2 Å². The molecule has 3 aromatic heterocycles. The summed E-state index contributed by atoms with van der Waals surface area (Å²) in [6, 6.07) is 18.2. The molecule has 0 radical (unpaired) electrons.